The zero-order valence-corrected chi connectivity index (χ0v) is 13.1. The lowest BCUT2D eigenvalue weighted by molar-refractivity contribution is -0.145. The molecule has 0 aliphatic rings. The van der Waals surface area contributed by atoms with E-state index in [1.165, 1.54) is 19.1 Å². The highest BCUT2D eigenvalue weighted by Crippen LogP contribution is 2.29. The van der Waals surface area contributed by atoms with Crippen LogP contribution in [0.4, 0.5) is 10.1 Å². The van der Waals surface area contributed by atoms with Crippen molar-refractivity contribution < 1.29 is 19.1 Å². The van der Waals surface area contributed by atoms with E-state index in [4.69, 9.17) is 11.6 Å². The van der Waals surface area contributed by atoms with Crippen LogP contribution in [0.15, 0.2) is 48.5 Å². The molecule has 0 bridgehead atoms. The van der Waals surface area contributed by atoms with Gasteiger partial charge in [-0.1, -0.05) is 41.9 Å². The molecular formula is C17H15ClFNO3. The first-order valence-electron chi connectivity index (χ1n) is 6.87. The molecular weight excluding hydrogens is 321 g/mol. The predicted octanol–water partition coefficient (Wildman–Crippen LogP) is 3.85. The number of amides is 1. The molecule has 2 N–H and O–H groups in total. The normalized spacial score (nSPS) is 13.2. The van der Waals surface area contributed by atoms with Gasteiger partial charge in [0.2, 0.25) is 5.91 Å². The van der Waals surface area contributed by atoms with Gasteiger partial charge < -0.3 is 10.4 Å². The zero-order valence-electron chi connectivity index (χ0n) is 12.3. The first kappa shape index (κ1) is 17.0. The molecule has 2 rings (SSSR count). The van der Waals surface area contributed by atoms with Gasteiger partial charge in [-0.2, -0.15) is 0 Å². The number of rotatable bonds is 5. The largest absolute Gasteiger partial charge is 0.481 e. The highest BCUT2D eigenvalue weighted by Gasteiger charge is 2.37. The van der Waals surface area contributed by atoms with E-state index >= 15 is 0 Å². The molecule has 0 aromatic heterocycles. The number of aliphatic carboxylic acids is 1. The van der Waals surface area contributed by atoms with Crippen LogP contribution in [-0.2, 0) is 15.0 Å². The average Bonchev–Trinajstić information content (AvgIpc) is 2.51. The van der Waals surface area contributed by atoms with Gasteiger partial charge in [-0.05, 0) is 30.7 Å². The van der Waals surface area contributed by atoms with Crippen LogP contribution >= 0.6 is 11.6 Å². The number of halogens is 2. The van der Waals surface area contributed by atoms with Crippen LogP contribution in [0, 0.1) is 5.82 Å². The first-order valence-corrected chi connectivity index (χ1v) is 7.24. The predicted molar refractivity (Wildman–Crippen MR) is 86.1 cm³/mol. The molecule has 4 nitrogen and oxygen atoms in total. The number of anilines is 1. The van der Waals surface area contributed by atoms with Crippen LogP contribution in [0.25, 0.3) is 0 Å². The molecule has 0 fully saturated rings. The monoisotopic (exact) mass is 335 g/mol. The number of carboxylic acid groups (broad SMARTS) is 1. The molecule has 0 aliphatic carbocycles. The summed E-state index contributed by atoms with van der Waals surface area (Å²) in [5, 5.41) is 12.2. The molecule has 0 saturated carbocycles. The molecule has 0 saturated heterocycles. The lowest BCUT2D eigenvalue weighted by Gasteiger charge is -2.24. The van der Waals surface area contributed by atoms with Crippen LogP contribution < -0.4 is 5.32 Å². The Morgan fingerprint density at radius 2 is 1.87 bits per heavy atom. The molecule has 0 heterocycles. The Bertz CT molecular complexity index is 736. The van der Waals surface area contributed by atoms with Crippen LogP contribution in [-0.4, -0.2) is 17.0 Å². The Kier molecular flexibility index (Phi) is 5.01. The van der Waals surface area contributed by atoms with Gasteiger partial charge in [0, 0.05) is 11.4 Å². The Morgan fingerprint density at radius 3 is 2.48 bits per heavy atom. The van der Waals surface area contributed by atoms with E-state index in [9.17, 15) is 19.1 Å². The van der Waals surface area contributed by atoms with Crippen molar-refractivity contribution in [2.24, 2.45) is 0 Å². The number of nitrogens with one attached hydrogen (secondary N) is 1. The highest BCUT2D eigenvalue weighted by molar-refractivity contribution is 6.30. The summed E-state index contributed by atoms with van der Waals surface area (Å²) in [4.78, 5) is 23.8. The average molecular weight is 336 g/mol. The van der Waals surface area contributed by atoms with Gasteiger partial charge >= 0.3 is 5.97 Å². The summed E-state index contributed by atoms with van der Waals surface area (Å²) in [6, 6.07) is 12.2. The fourth-order valence-electron chi connectivity index (χ4n) is 2.22. The highest BCUT2D eigenvalue weighted by atomic mass is 35.5. The summed E-state index contributed by atoms with van der Waals surface area (Å²) < 4.78 is 13.7. The second-order valence-corrected chi connectivity index (χ2v) is 5.79. The van der Waals surface area contributed by atoms with Gasteiger partial charge in [0.25, 0.3) is 0 Å². The third-order valence-electron chi connectivity index (χ3n) is 3.60. The molecule has 23 heavy (non-hydrogen) atoms. The maximum atomic E-state index is 13.7. The van der Waals surface area contributed by atoms with Crippen molar-refractivity contribution >= 4 is 29.2 Å². The molecule has 1 atom stereocenters. The van der Waals surface area contributed by atoms with Crippen molar-refractivity contribution in [3.8, 4) is 0 Å². The molecule has 1 amide bonds. The third kappa shape index (κ3) is 3.87. The zero-order chi connectivity index (χ0) is 17.0. The Hall–Kier alpha value is -2.40. The maximum Gasteiger partial charge on any atom is 0.314 e. The standard InChI is InChI=1S/C17H15ClFNO3/c1-17(16(22)23,11-5-3-2-4-6-11)10-15(21)20-14-9-12(18)7-8-13(14)19/h2-9H,10H2,1H3,(H,20,21)(H,22,23)/t17-/m0/s1. The van der Waals surface area contributed by atoms with E-state index in [-0.39, 0.29) is 17.1 Å². The van der Waals surface area contributed by atoms with Gasteiger partial charge in [0.15, 0.2) is 0 Å². The van der Waals surface area contributed by atoms with Crippen molar-refractivity contribution in [3.05, 3.63) is 64.9 Å². The minimum atomic E-state index is -1.42. The molecule has 6 heteroatoms. The summed E-state index contributed by atoms with van der Waals surface area (Å²) in [6.45, 7) is 1.46. The molecule has 0 unspecified atom stereocenters. The van der Waals surface area contributed by atoms with Crippen LogP contribution in [0.1, 0.15) is 18.9 Å². The van der Waals surface area contributed by atoms with Crippen LogP contribution in [0.3, 0.4) is 0 Å². The Balaban J connectivity index is 2.22. The smallest absolute Gasteiger partial charge is 0.314 e. The van der Waals surface area contributed by atoms with E-state index in [0.717, 1.165) is 6.07 Å². The van der Waals surface area contributed by atoms with Gasteiger partial charge in [-0.25, -0.2) is 4.39 Å². The van der Waals surface area contributed by atoms with Gasteiger partial charge in [-0.3, -0.25) is 9.59 Å². The molecule has 0 aliphatic heterocycles. The minimum absolute atomic E-state index is 0.0803. The van der Waals surface area contributed by atoms with Crippen molar-refractivity contribution in [1.29, 1.82) is 0 Å². The van der Waals surface area contributed by atoms with E-state index in [1.807, 2.05) is 0 Å². The number of hydrogen-bond acceptors (Lipinski definition) is 2. The minimum Gasteiger partial charge on any atom is -0.481 e. The van der Waals surface area contributed by atoms with Crippen molar-refractivity contribution in [2.45, 2.75) is 18.8 Å². The molecule has 120 valence electrons. The SMILES string of the molecule is C[C@@](CC(=O)Nc1cc(Cl)ccc1F)(C(=O)O)c1ccccc1. The summed E-state index contributed by atoms with van der Waals surface area (Å²) in [7, 11) is 0. The fraction of sp³-hybridized carbons (Fsp3) is 0.176. The fourth-order valence-corrected chi connectivity index (χ4v) is 2.39. The van der Waals surface area contributed by atoms with E-state index in [0.29, 0.717) is 5.56 Å². The van der Waals surface area contributed by atoms with Crippen molar-refractivity contribution in [3.63, 3.8) is 0 Å². The quantitative estimate of drug-likeness (QED) is 0.872. The topological polar surface area (TPSA) is 66.4 Å². The van der Waals surface area contributed by atoms with Crippen LogP contribution in [0.2, 0.25) is 5.02 Å². The van der Waals surface area contributed by atoms with Crippen LogP contribution in [0.5, 0.6) is 0 Å². The Morgan fingerprint density at radius 1 is 1.22 bits per heavy atom. The second kappa shape index (κ2) is 6.79. The molecule has 0 radical (unpaired) electrons. The van der Waals surface area contributed by atoms with Gasteiger partial charge in [0.05, 0.1) is 11.1 Å². The number of carbonyl (C=O) groups excluding carboxylic acids is 1. The van der Waals surface area contributed by atoms with Crippen molar-refractivity contribution in [2.75, 3.05) is 5.32 Å². The summed E-state index contributed by atoms with van der Waals surface area (Å²) >= 11 is 5.77. The molecule has 0 spiro atoms. The third-order valence-corrected chi connectivity index (χ3v) is 3.83. The molecule has 2 aromatic carbocycles. The second-order valence-electron chi connectivity index (χ2n) is 5.35. The summed E-state index contributed by atoms with van der Waals surface area (Å²) in [6.07, 6.45) is -0.335. The van der Waals surface area contributed by atoms with Gasteiger partial charge in [0.1, 0.15) is 5.82 Å². The van der Waals surface area contributed by atoms with E-state index in [1.54, 1.807) is 30.3 Å². The Labute approximate surface area is 137 Å². The number of carboxylic acids is 1. The van der Waals surface area contributed by atoms with Gasteiger partial charge in [-0.15, -0.1) is 0 Å². The lowest BCUT2D eigenvalue weighted by atomic mass is 9.79. The first-order chi connectivity index (χ1) is 10.8. The number of hydrogen-bond donors (Lipinski definition) is 2. The van der Waals surface area contributed by atoms with E-state index < -0.39 is 23.1 Å². The summed E-state index contributed by atoms with van der Waals surface area (Å²) in [5.41, 5.74) is -1.00. The molecule has 2 aromatic rings. The summed E-state index contributed by atoms with van der Waals surface area (Å²) in [5.74, 6) is -2.38. The number of benzene rings is 2. The van der Waals surface area contributed by atoms with Crippen molar-refractivity contribution in [1.82, 2.24) is 0 Å². The van der Waals surface area contributed by atoms with E-state index in [2.05, 4.69) is 5.32 Å². The number of carbonyl (C=O) groups is 2. The lowest BCUT2D eigenvalue weighted by Crippen LogP contribution is -2.36. The maximum absolute atomic E-state index is 13.7.